The van der Waals surface area contributed by atoms with Gasteiger partial charge in [-0.05, 0) is 69.3 Å². The van der Waals surface area contributed by atoms with Crippen molar-refractivity contribution in [3.05, 3.63) is 80.9 Å². The molecule has 3 aromatic carbocycles. The molecule has 2 bridgehead atoms. The van der Waals surface area contributed by atoms with Crippen molar-refractivity contribution >= 4 is 5.97 Å². The molecule has 9 nitrogen and oxygen atoms in total. The van der Waals surface area contributed by atoms with E-state index >= 15 is 0 Å². The van der Waals surface area contributed by atoms with Crippen molar-refractivity contribution in [2.24, 2.45) is 0 Å². The molecule has 1 unspecified atom stereocenters. The van der Waals surface area contributed by atoms with Gasteiger partial charge in [-0.1, -0.05) is 36.4 Å². The van der Waals surface area contributed by atoms with Gasteiger partial charge in [-0.15, -0.1) is 0 Å². The molecule has 0 aliphatic carbocycles. The quantitative estimate of drug-likeness (QED) is 0.328. The maximum absolute atomic E-state index is 13.0. The molecule has 4 heterocycles. The molecule has 10 heteroatoms. The number of aryl methyl sites for hydroxylation is 2. The smallest absolute Gasteiger partial charge is 0.306 e. The van der Waals surface area contributed by atoms with Gasteiger partial charge in [0.15, 0.2) is 11.5 Å². The number of rotatable bonds is 5. The van der Waals surface area contributed by atoms with Gasteiger partial charge in [-0.3, -0.25) is 14.6 Å². The molecule has 0 spiro atoms. The van der Waals surface area contributed by atoms with Crippen LogP contribution >= 0.6 is 0 Å². The predicted octanol–water partition coefficient (Wildman–Crippen LogP) is 4.13. The van der Waals surface area contributed by atoms with Gasteiger partial charge in [0, 0.05) is 78.8 Å². The summed E-state index contributed by atoms with van der Waals surface area (Å²) in [5, 5.41) is 35.0. The molecular formula is C34H38AcN2O7. The summed E-state index contributed by atoms with van der Waals surface area (Å²) in [4.78, 5) is 17.2. The number of benzene rings is 3. The second kappa shape index (κ2) is 12.1. The number of hydrogen-bond donors (Lipinski definition) is 3. The number of esters is 1. The van der Waals surface area contributed by atoms with E-state index in [9.17, 15) is 20.1 Å². The van der Waals surface area contributed by atoms with Crippen molar-refractivity contribution in [1.82, 2.24) is 9.80 Å². The van der Waals surface area contributed by atoms with Gasteiger partial charge in [0.2, 0.25) is 6.79 Å². The molecule has 44 heavy (non-hydrogen) atoms. The Morgan fingerprint density at radius 2 is 1.70 bits per heavy atom. The van der Waals surface area contributed by atoms with Crippen LogP contribution in [-0.2, 0) is 28.8 Å². The number of ether oxygens (including phenoxy) is 3. The minimum Gasteiger partial charge on any atom is -0.507 e. The standard InChI is InChI=1S/C34H38N2O7.Ac/c1-17-12-21-13-24-34(40)36-23(29(35(24)4)27(21)31(39)18(17)2)14-22-28(33-32(42-16-43-33)19(3)30(22)38)25(36)15-41-26(37)11-10-20-8-6-5-7-9-20;/h5-9,12,23-25,29,34,38-40H,10-11,13-16H2,1-4H3;/t23?,24-,25-,29+,34-;/m0./s1. The van der Waals surface area contributed by atoms with E-state index < -0.39 is 12.3 Å². The number of fused-ring (bicyclic) bond motifs is 9. The fourth-order valence-electron chi connectivity index (χ4n) is 7.81. The van der Waals surface area contributed by atoms with E-state index in [2.05, 4.69) is 11.0 Å². The van der Waals surface area contributed by atoms with Crippen LogP contribution in [0.3, 0.4) is 0 Å². The molecular weight excluding hydrogens is 775 g/mol. The van der Waals surface area contributed by atoms with Crippen molar-refractivity contribution < 1.29 is 78.4 Å². The van der Waals surface area contributed by atoms with Crippen LogP contribution in [-0.4, -0.2) is 69.8 Å². The maximum Gasteiger partial charge on any atom is 0.306 e. The van der Waals surface area contributed by atoms with E-state index in [4.69, 9.17) is 14.2 Å². The fourth-order valence-corrected chi connectivity index (χ4v) is 7.81. The molecule has 4 aliphatic heterocycles. The number of aliphatic hydroxyl groups is 1. The van der Waals surface area contributed by atoms with E-state index in [0.29, 0.717) is 47.5 Å². The minimum atomic E-state index is -0.897. The summed E-state index contributed by atoms with van der Waals surface area (Å²) in [6.45, 7) is 5.72. The molecule has 0 amide bonds. The normalized spacial score (nSPS) is 25.0. The van der Waals surface area contributed by atoms with Crippen molar-refractivity contribution in [2.45, 2.75) is 76.8 Å². The van der Waals surface area contributed by atoms with E-state index in [1.807, 2.05) is 56.1 Å². The van der Waals surface area contributed by atoms with Crippen LogP contribution in [0.15, 0.2) is 36.4 Å². The largest absolute Gasteiger partial charge is 0.507 e. The van der Waals surface area contributed by atoms with Crippen molar-refractivity contribution in [1.29, 1.82) is 0 Å². The number of nitrogens with zero attached hydrogens (tertiary/aromatic N) is 2. The molecule has 5 atom stereocenters. The Kier molecular flexibility index (Phi) is 8.70. The van der Waals surface area contributed by atoms with Gasteiger partial charge in [0.25, 0.3) is 0 Å². The fraction of sp³-hybridized carbons (Fsp3) is 0.441. The average molecular weight is 814 g/mol. The van der Waals surface area contributed by atoms with Crippen LogP contribution in [0.4, 0.5) is 0 Å². The number of piperazine rings is 1. The third kappa shape index (κ3) is 4.93. The van der Waals surface area contributed by atoms with Gasteiger partial charge >= 0.3 is 5.97 Å². The number of likely N-dealkylation sites (N-methyl/N-ethyl adjacent to an activating group) is 1. The number of phenols is 2. The number of carbonyl (C=O) groups is 1. The summed E-state index contributed by atoms with van der Waals surface area (Å²) < 4.78 is 17.7. The molecule has 3 N–H and O–H groups in total. The van der Waals surface area contributed by atoms with E-state index in [-0.39, 0.29) is 99.5 Å². The first-order valence-corrected chi connectivity index (χ1v) is 15.0. The van der Waals surface area contributed by atoms with Crippen LogP contribution in [0.1, 0.15) is 63.0 Å². The summed E-state index contributed by atoms with van der Waals surface area (Å²) in [5.74, 6) is 1.07. The summed E-state index contributed by atoms with van der Waals surface area (Å²) in [6, 6.07) is 10.5. The Balaban J connectivity index is 0.00000343. The SMILES string of the molecule is Cc1cc2c(c(O)c1C)[C@H]1C3Cc4c(O)c(C)c5c(c4[C@H](COC(=O)CCc4ccccc4)N3[C@@H](O)[C@H](C2)N1C)OCO5.[Ac]. The summed E-state index contributed by atoms with van der Waals surface area (Å²) in [7, 11) is 1.99. The monoisotopic (exact) mass is 813 g/mol. The molecule has 1 fully saturated rings. The van der Waals surface area contributed by atoms with Crippen molar-refractivity contribution in [2.75, 3.05) is 20.4 Å². The van der Waals surface area contributed by atoms with Gasteiger partial charge in [0.05, 0.1) is 18.1 Å². The van der Waals surface area contributed by atoms with Crippen LogP contribution in [0.25, 0.3) is 0 Å². The number of hydrogen-bond acceptors (Lipinski definition) is 9. The van der Waals surface area contributed by atoms with Gasteiger partial charge in [0.1, 0.15) is 24.3 Å². The van der Waals surface area contributed by atoms with Crippen LogP contribution in [0.2, 0.25) is 0 Å². The Hall–Kier alpha value is -2.35. The third-order valence-electron chi connectivity index (χ3n) is 10.2. The third-order valence-corrected chi connectivity index (χ3v) is 10.2. The number of aromatic hydroxyl groups is 2. The Morgan fingerprint density at radius 1 is 0.977 bits per heavy atom. The number of carbonyl (C=O) groups excluding carboxylic acids is 1. The van der Waals surface area contributed by atoms with Crippen molar-refractivity contribution in [3.63, 3.8) is 0 Å². The molecule has 229 valence electrons. The van der Waals surface area contributed by atoms with Crippen molar-refractivity contribution in [3.8, 4) is 23.0 Å². The molecule has 0 saturated carbocycles. The van der Waals surface area contributed by atoms with E-state index in [1.54, 1.807) is 6.92 Å². The van der Waals surface area contributed by atoms with E-state index in [1.165, 1.54) is 0 Å². The Bertz CT molecular complexity index is 1610. The first kappa shape index (κ1) is 31.6. The zero-order valence-electron chi connectivity index (χ0n) is 25.5. The molecule has 7 rings (SSSR count). The Morgan fingerprint density at radius 3 is 2.45 bits per heavy atom. The second-order valence-electron chi connectivity index (χ2n) is 12.4. The first-order chi connectivity index (χ1) is 20.7. The van der Waals surface area contributed by atoms with Crippen LogP contribution in [0, 0.1) is 64.8 Å². The molecule has 0 aromatic heterocycles. The molecule has 3 aromatic rings. The first-order valence-electron chi connectivity index (χ1n) is 15.0. The van der Waals surface area contributed by atoms with Gasteiger partial charge < -0.3 is 29.5 Å². The molecule has 1 radical (unpaired) electrons. The average Bonchev–Trinajstić information content (AvgIpc) is 3.49. The van der Waals surface area contributed by atoms with Crippen LogP contribution < -0.4 is 9.47 Å². The Labute approximate surface area is 293 Å². The van der Waals surface area contributed by atoms with Gasteiger partial charge in [-0.25, -0.2) is 0 Å². The zero-order valence-corrected chi connectivity index (χ0v) is 30.3. The topological polar surface area (TPSA) is 112 Å². The number of phenolic OH excluding ortho intramolecular Hbond substituents is 2. The zero-order chi connectivity index (χ0) is 30.2. The van der Waals surface area contributed by atoms with Gasteiger partial charge in [-0.2, -0.15) is 0 Å². The summed E-state index contributed by atoms with van der Waals surface area (Å²) in [5.41, 5.74) is 6.79. The second-order valence-corrected chi connectivity index (χ2v) is 12.4. The van der Waals surface area contributed by atoms with E-state index in [0.717, 1.165) is 27.8 Å². The summed E-state index contributed by atoms with van der Waals surface area (Å²) >= 11 is 0. The number of aliphatic hydroxyl groups excluding tert-OH is 1. The maximum atomic E-state index is 13.0. The molecule has 1 saturated heterocycles. The molecule has 4 aliphatic rings. The van der Waals surface area contributed by atoms with Crippen LogP contribution in [0.5, 0.6) is 23.0 Å². The predicted molar refractivity (Wildman–Crippen MR) is 158 cm³/mol. The summed E-state index contributed by atoms with van der Waals surface area (Å²) in [6.07, 6.45) is 0.855. The minimum absolute atomic E-state index is 0.